The number of aromatic nitrogens is 2. The van der Waals surface area contributed by atoms with Gasteiger partial charge in [-0.2, -0.15) is 0 Å². The summed E-state index contributed by atoms with van der Waals surface area (Å²) in [5, 5.41) is 0. The average molecular weight is 276 g/mol. The van der Waals surface area contributed by atoms with Gasteiger partial charge in [-0.3, -0.25) is 4.79 Å². The van der Waals surface area contributed by atoms with Gasteiger partial charge < -0.3 is 0 Å². The summed E-state index contributed by atoms with van der Waals surface area (Å²) in [5.74, 6) is 0.171. The Morgan fingerprint density at radius 2 is 1.35 bits per heavy atom. The van der Waals surface area contributed by atoms with Gasteiger partial charge in [-0.25, -0.2) is 9.97 Å². The fourth-order valence-corrected chi connectivity index (χ4v) is 2.36. The molecule has 112 valence electrons. The van der Waals surface area contributed by atoms with Crippen molar-refractivity contribution < 1.29 is 4.79 Å². The van der Waals surface area contributed by atoms with Crippen molar-refractivity contribution in [1.29, 1.82) is 0 Å². The van der Waals surface area contributed by atoms with Gasteiger partial charge in [-0.15, -0.1) is 0 Å². The van der Waals surface area contributed by atoms with Crippen LogP contribution in [0.3, 0.4) is 0 Å². The van der Waals surface area contributed by atoms with Gasteiger partial charge in [0.2, 0.25) is 0 Å². The normalized spacial score (nSPS) is 10.7. The molecular formula is C17H28N2O. The van der Waals surface area contributed by atoms with Crippen LogP contribution >= 0.6 is 0 Å². The van der Waals surface area contributed by atoms with E-state index in [0.29, 0.717) is 12.0 Å². The van der Waals surface area contributed by atoms with E-state index < -0.39 is 0 Å². The Bertz CT molecular complexity index is 351. The second-order valence-corrected chi connectivity index (χ2v) is 5.48. The van der Waals surface area contributed by atoms with Gasteiger partial charge >= 0.3 is 0 Å². The van der Waals surface area contributed by atoms with Gasteiger partial charge in [-0.1, -0.05) is 64.7 Å². The summed E-state index contributed by atoms with van der Waals surface area (Å²) in [6.45, 7) is 2.25. The lowest BCUT2D eigenvalue weighted by atomic mass is 10.0. The summed E-state index contributed by atoms with van der Waals surface area (Å²) >= 11 is 0. The summed E-state index contributed by atoms with van der Waals surface area (Å²) in [5.41, 5.74) is 0.642. The van der Waals surface area contributed by atoms with E-state index in [1.54, 1.807) is 12.4 Å². The summed E-state index contributed by atoms with van der Waals surface area (Å²) in [6, 6.07) is 0. The maximum absolute atomic E-state index is 11.8. The number of hydrogen-bond acceptors (Lipinski definition) is 3. The average Bonchev–Trinajstić information content (AvgIpc) is 2.50. The number of carbonyl (C=O) groups excluding carboxylic acids is 1. The zero-order valence-electron chi connectivity index (χ0n) is 12.8. The monoisotopic (exact) mass is 276 g/mol. The Labute approximate surface area is 123 Å². The first-order valence-electron chi connectivity index (χ1n) is 8.12. The molecule has 0 radical (unpaired) electrons. The quantitative estimate of drug-likeness (QED) is 0.400. The van der Waals surface area contributed by atoms with Crippen LogP contribution in [0.25, 0.3) is 0 Å². The topological polar surface area (TPSA) is 42.9 Å². The third kappa shape index (κ3) is 8.03. The highest BCUT2D eigenvalue weighted by Gasteiger charge is 2.05. The molecule has 20 heavy (non-hydrogen) atoms. The van der Waals surface area contributed by atoms with Crippen molar-refractivity contribution in [3.63, 3.8) is 0 Å². The van der Waals surface area contributed by atoms with Gasteiger partial charge in [0.25, 0.3) is 0 Å². The fourth-order valence-electron chi connectivity index (χ4n) is 2.36. The molecule has 0 unspecified atom stereocenters. The molecule has 1 aromatic heterocycles. The lowest BCUT2D eigenvalue weighted by Gasteiger charge is -2.02. The summed E-state index contributed by atoms with van der Waals surface area (Å²) in [7, 11) is 0. The first kappa shape index (κ1) is 16.8. The van der Waals surface area contributed by atoms with Crippen molar-refractivity contribution in [3.8, 4) is 0 Å². The Balaban J connectivity index is 1.91. The van der Waals surface area contributed by atoms with Crippen molar-refractivity contribution in [2.75, 3.05) is 0 Å². The fraction of sp³-hybridized carbons (Fsp3) is 0.706. The standard InChI is InChI=1S/C17H28N2O/c1-2-3-4-5-6-7-8-9-10-11-12-17(20)16-13-18-15-19-14-16/h13-15H,2-12H2,1H3. The molecule has 0 aliphatic heterocycles. The number of hydrogen-bond donors (Lipinski definition) is 0. The van der Waals surface area contributed by atoms with Crippen LogP contribution in [0.5, 0.6) is 0 Å². The van der Waals surface area contributed by atoms with Crippen LogP contribution in [0, 0.1) is 0 Å². The molecule has 0 aliphatic rings. The highest BCUT2D eigenvalue weighted by Crippen LogP contribution is 2.12. The zero-order chi connectivity index (χ0) is 14.5. The first-order valence-corrected chi connectivity index (χ1v) is 8.12. The van der Waals surface area contributed by atoms with E-state index in [2.05, 4.69) is 16.9 Å². The van der Waals surface area contributed by atoms with E-state index in [0.717, 1.165) is 12.8 Å². The molecule has 1 rings (SSSR count). The molecule has 0 spiro atoms. The Morgan fingerprint density at radius 3 is 1.90 bits per heavy atom. The predicted molar refractivity (Wildman–Crippen MR) is 82.8 cm³/mol. The van der Waals surface area contributed by atoms with Crippen LogP contribution in [-0.2, 0) is 0 Å². The summed E-state index contributed by atoms with van der Waals surface area (Å²) in [4.78, 5) is 19.5. The SMILES string of the molecule is CCCCCCCCCCCCC(=O)c1cncnc1. The number of nitrogens with zero attached hydrogens (tertiary/aromatic N) is 2. The molecule has 0 N–H and O–H groups in total. The van der Waals surface area contributed by atoms with Crippen LogP contribution in [-0.4, -0.2) is 15.8 Å². The van der Waals surface area contributed by atoms with E-state index in [-0.39, 0.29) is 5.78 Å². The van der Waals surface area contributed by atoms with Crippen LogP contribution in [0.4, 0.5) is 0 Å². The third-order valence-corrected chi connectivity index (χ3v) is 3.64. The Morgan fingerprint density at radius 1 is 0.850 bits per heavy atom. The molecule has 0 aliphatic carbocycles. The molecule has 0 saturated heterocycles. The Kier molecular flexibility index (Phi) is 9.72. The highest BCUT2D eigenvalue weighted by atomic mass is 16.1. The molecule has 3 heteroatoms. The zero-order valence-corrected chi connectivity index (χ0v) is 12.8. The summed E-state index contributed by atoms with van der Waals surface area (Å²) < 4.78 is 0. The van der Waals surface area contributed by atoms with Crippen molar-refractivity contribution >= 4 is 5.78 Å². The van der Waals surface area contributed by atoms with E-state index in [1.807, 2.05) is 0 Å². The number of carbonyl (C=O) groups is 1. The minimum atomic E-state index is 0.171. The molecular weight excluding hydrogens is 248 g/mol. The lowest BCUT2D eigenvalue weighted by Crippen LogP contribution is -2.00. The van der Waals surface area contributed by atoms with Gasteiger partial charge in [0.15, 0.2) is 5.78 Å². The molecule has 0 atom stereocenters. The number of rotatable bonds is 12. The second kappa shape index (κ2) is 11.6. The minimum absolute atomic E-state index is 0.171. The van der Waals surface area contributed by atoms with Gasteiger partial charge in [0, 0.05) is 18.8 Å². The van der Waals surface area contributed by atoms with Gasteiger partial charge in [0.1, 0.15) is 6.33 Å². The first-order chi connectivity index (χ1) is 9.84. The third-order valence-electron chi connectivity index (χ3n) is 3.64. The van der Waals surface area contributed by atoms with Crippen molar-refractivity contribution in [2.45, 2.75) is 77.6 Å². The van der Waals surface area contributed by atoms with E-state index in [9.17, 15) is 4.79 Å². The Hall–Kier alpha value is -1.25. The molecule has 0 fully saturated rings. The van der Waals surface area contributed by atoms with Crippen LogP contribution < -0.4 is 0 Å². The maximum atomic E-state index is 11.8. The molecule has 0 amide bonds. The van der Waals surface area contributed by atoms with Gasteiger partial charge in [-0.05, 0) is 6.42 Å². The smallest absolute Gasteiger partial charge is 0.165 e. The molecule has 3 nitrogen and oxygen atoms in total. The van der Waals surface area contributed by atoms with Gasteiger partial charge in [0.05, 0.1) is 5.56 Å². The van der Waals surface area contributed by atoms with E-state index >= 15 is 0 Å². The second-order valence-electron chi connectivity index (χ2n) is 5.48. The molecule has 1 heterocycles. The van der Waals surface area contributed by atoms with Crippen molar-refractivity contribution in [1.82, 2.24) is 9.97 Å². The number of ketones is 1. The number of unbranched alkanes of at least 4 members (excludes halogenated alkanes) is 9. The summed E-state index contributed by atoms with van der Waals surface area (Å²) in [6.07, 6.45) is 18.2. The van der Waals surface area contributed by atoms with Crippen molar-refractivity contribution in [3.05, 3.63) is 24.3 Å². The minimum Gasteiger partial charge on any atom is -0.294 e. The largest absolute Gasteiger partial charge is 0.294 e. The van der Waals surface area contributed by atoms with E-state index in [1.165, 1.54) is 57.7 Å². The maximum Gasteiger partial charge on any atom is 0.165 e. The van der Waals surface area contributed by atoms with Crippen LogP contribution in [0.1, 0.15) is 87.9 Å². The van der Waals surface area contributed by atoms with Crippen molar-refractivity contribution in [2.24, 2.45) is 0 Å². The van der Waals surface area contributed by atoms with Crippen LogP contribution in [0.15, 0.2) is 18.7 Å². The molecule has 0 saturated carbocycles. The lowest BCUT2D eigenvalue weighted by molar-refractivity contribution is 0.0978. The molecule has 0 aromatic carbocycles. The molecule has 0 bridgehead atoms. The molecule has 1 aromatic rings. The highest BCUT2D eigenvalue weighted by molar-refractivity contribution is 5.95. The predicted octanol–water partition coefficient (Wildman–Crippen LogP) is 4.97. The number of Topliss-reactive ketones (excluding diaryl/α,β-unsaturated/α-hetero) is 1. The van der Waals surface area contributed by atoms with Crippen LogP contribution in [0.2, 0.25) is 0 Å². The van der Waals surface area contributed by atoms with E-state index in [4.69, 9.17) is 0 Å².